The maximum Gasteiger partial charge on any atom is 0.163 e. The van der Waals surface area contributed by atoms with Crippen molar-refractivity contribution in [1.29, 1.82) is 0 Å². The van der Waals surface area contributed by atoms with Crippen molar-refractivity contribution < 1.29 is 8.78 Å². The highest BCUT2D eigenvalue weighted by molar-refractivity contribution is 5.28. The summed E-state index contributed by atoms with van der Waals surface area (Å²) in [6.45, 7) is 6.77. The third-order valence-electron chi connectivity index (χ3n) is 4.46. The predicted octanol–water partition coefficient (Wildman–Crippen LogP) is 4.75. The summed E-state index contributed by atoms with van der Waals surface area (Å²) in [7, 11) is 0. The molecule has 1 aliphatic carbocycles. The number of rotatable bonds is 5. The van der Waals surface area contributed by atoms with Gasteiger partial charge in [0.2, 0.25) is 0 Å². The summed E-state index contributed by atoms with van der Waals surface area (Å²) < 4.78 is 28.1. The predicted molar refractivity (Wildman–Crippen MR) is 78.6 cm³/mol. The lowest BCUT2D eigenvalue weighted by Gasteiger charge is -2.26. The summed E-state index contributed by atoms with van der Waals surface area (Å²) in [5.41, 5.74) is 0.876. The van der Waals surface area contributed by atoms with Crippen LogP contribution in [0.4, 0.5) is 8.78 Å². The molecule has 0 spiro atoms. The van der Waals surface area contributed by atoms with E-state index < -0.39 is 11.6 Å². The van der Waals surface area contributed by atoms with Gasteiger partial charge < -0.3 is 5.32 Å². The topological polar surface area (TPSA) is 12.0 Å². The fraction of sp³-hybridized carbons (Fsp3) is 0.647. The molecule has 112 valence electrons. The lowest BCUT2D eigenvalue weighted by molar-refractivity contribution is 0.344. The molecule has 1 saturated carbocycles. The van der Waals surface area contributed by atoms with Gasteiger partial charge in [0.15, 0.2) is 11.6 Å². The van der Waals surface area contributed by atoms with Crippen molar-refractivity contribution in [3.05, 3.63) is 34.9 Å². The molecular formula is C17H25F2N. The zero-order chi connectivity index (χ0) is 14.7. The first-order valence-corrected chi connectivity index (χ1v) is 7.72. The minimum Gasteiger partial charge on any atom is -0.310 e. The van der Waals surface area contributed by atoms with E-state index in [2.05, 4.69) is 19.2 Å². The van der Waals surface area contributed by atoms with E-state index >= 15 is 0 Å². The van der Waals surface area contributed by atoms with Gasteiger partial charge in [-0.15, -0.1) is 0 Å². The van der Waals surface area contributed by atoms with Crippen molar-refractivity contribution in [3.8, 4) is 0 Å². The number of aryl methyl sites for hydroxylation is 1. The molecule has 0 heterocycles. The summed E-state index contributed by atoms with van der Waals surface area (Å²) in [4.78, 5) is 0. The van der Waals surface area contributed by atoms with Gasteiger partial charge in [-0.25, -0.2) is 8.78 Å². The van der Waals surface area contributed by atoms with Gasteiger partial charge in [0, 0.05) is 11.6 Å². The van der Waals surface area contributed by atoms with Gasteiger partial charge in [-0.05, 0) is 50.1 Å². The average molecular weight is 281 g/mol. The van der Waals surface area contributed by atoms with Gasteiger partial charge in [-0.3, -0.25) is 0 Å². The molecular weight excluding hydrogens is 256 g/mol. The lowest BCUT2D eigenvalue weighted by atomic mass is 9.89. The standard InChI is InChI=1S/C17H25F2N/c1-4-9-20-17(13-7-5-11(2)10-13)14-8-6-12(3)15(18)16(14)19/h6,8,11,13,17,20H,4-5,7,9-10H2,1-3H3. The van der Waals surface area contributed by atoms with Gasteiger partial charge in [-0.2, -0.15) is 0 Å². The molecule has 0 aromatic heterocycles. The van der Waals surface area contributed by atoms with Gasteiger partial charge in [0.25, 0.3) is 0 Å². The lowest BCUT2D eigenvalue weighted by Crippen LogP contribution is -2.29. The normalized spacial score (nSPS) is 24.1. The molecule has 0 amide bonds. The third-order valence-corrected chi connectivity index (χ3v) is 4.46. The first-order valence-electron chi connectivity index (χ1n) is 7.72. The number of nitrogens with one attached hydrogen (secondary N) is 1. The molecule has 1 aromatic carbocycles. The van der Waals surface area contributed by atoms with Crippen molar-refractivity contribution in [3.63, 3.8) is 0 Å². The average Bonchev–Trinajstić information content (AvgIpc) is 2.85. The Morgan fingerprint density at radius 2 is 2.00 bits per heavy atom. The van der Waals surface area contributed by atoms with Crippen molar-refractivity contribution in [2.45, 2.75) is 52.5 Å². The first kappa shape index (κ1) is 15.4. The van der Waals surface area contributed by atoms with Gasteiger partial charge in [0.1, 0.15) is 0 Å². The van der Waals surface area contributed by atoms with E-state index in [1.54, 1.807) is 19.1 Å². The monoisotopic (exact) mass is 281 g/mol. The molecule has 1 aromatic rings. The summed E-state index contributed by atoms with van der Waals surface area (Å²) in [5.74, 6) is -0.271. The molecule has 3 atom stereocenters. The van der Waals surface area contributed by atoms with Crippen LogP contribution in [0.25, 0.3) is 0 Å². The van der Waals surface area contributed by atoms with Crippen molar-refractivity contribution in [1.82, 2.24) is 5.32 Å². The Balaban J connectivity index is 2.28. The Labute approximate surface area is 120 Å². The van der Waals surface area contributed by atoms with Crippen molar-refractivity contribution in [2.75, 3.05) is 6.54 Å². The van der Waals surface area contributed by atoms with Crippen LogP contribution in [0.5, 0.6) is 0 Å². The van der Waals surface area contributed by atoms with Gasteiger partial charge in [-0.1, -0.05) is 32.4 Å². The minimum atomic E-state index is -0.697. The molecule has 0 saturated heterocycles. The maximum absolute atomic E-state index is 14.3. The second-order valence-electron chi connectivity index (χ2n) is 6.21. The van der Waals surface area contributed by atoms with Crippen LogP contribution < -0.4 is 5.32 Å². The van der Waals surface area contributed by atoms with Crippen molar-refractivity contribution in [2.24, 2.45) is 11.8 Å². The maximum atomic E-state index is 14.3. The fourth-order valence-electron chi connectivity index (χ4n) is 3.29. The zero-order valence-corrected chi connectivity index (χ0v) is 12.7. The summed E-state index contributed by atoms with van der Waals surface area (Å²) in [6.07, 6.45) is 4.37. The summed E-state index contributed by atoms with van der Waals surface area (Å²) in [5, 5.41) is 3.43. The summed E-state index contributed by atoms with van der Waals surface area (Å²) in [6, 6.07) is 3.38. The Bertz CT molecular complexity index is 459. The first-order chi connectivity index (χ1) is 9.54. The Morgan fingerprint density at radius 1 is 1.25 bits per heavy atom. The van der Waals surface area contributed by atoms with E-state index in [1.807, 2.05) is 0 Å². The van der Waals surface area contributed by atoms with Crippen molar-refractivity contribution >= 4 is 0 Å². The van der Waals surface area contributed by atoms with Crippen LogP contribution in [0, 0.1) is 30.4 Å². The molecule has 3 unspecified atom stereocenters. The number of halogens is 2. The van der Waals surface area contributed by atoms with E-state index in [0.717, 1.165) is 25.8 Å². The second kappa shape index (κ2) is 6.66. The van der Waals surface area contributed by atoms with E-state index in [0.29, 0.717) is 23.0 Å². The van der Waals surface area contributed by atoms with Crippen LogP contribution in [0.3, 0.4) is 0 Å². The van der Waals surface area contributed by atoms with E-state index in [4.69, 9.17) is 0 Å². The molecule has 20 heavy (non-hydrogen) atoms. The van der Waals surface area contributed by atoms with E-state index in [-0.39, 0.29) is 6.04 Å². The number of hydrogen-bond donors (Lipinski definition) is 1. The zero-order valence-electron chi connectivity index (χ0n) is 12.7. The van der Waals surface area contributed by atoms with Crippen LogP contribution in [-0.2, 0) is 0 Å². The molecule has 1 fully saturated rings. The fourth-order valence-corrected chi connectivity index (χ4v) is 3.29. The van der Waals surface area contributed by atoms with Crippen LogP contribution in [-0.4, -0.2) is 6.54 Å². The SMILES string of the molecule is CCCNC(c1ccc(C)c(F)c1F)C1CCC(C)C1. The molecule has 3 heteroatoms. The second-order valence-corrected chi connectivity index (χ2v) is 6.21. The quantitative estimate of drug-likeness (QED) is 0.821. The van der Waals surface area contributed by atoms with Crippen LogP contribution in [0.1, 0.15) is 56.7 Å². The van der Waals surface area contributed by atoms with Gasteiger partial charge >= 0.3 is 0 Å². The molecule has 1 aliphatic rings. The summed E-state index contributed by atoms with van der Waals surface area (Å²) >= 11 is 0. The van der Waals surface area contributed by atoms with Gasteiger partial charge in [0.05, 0.1) is 0 Å². The molecule has 1 N–H and O–H groups in total. The highest BCUT2D eigenvalue weighted by Crippen LogP contribution is 2.40. The van der Waals surface area contributed by atoms with Crippen LogP contribution >= 0.6 is 0 Å². The van der Waals surface area contributed by atoms with E-state index in [1.165, 1.54) is 6.42 Å². The Hall–Kier alpha value is -0.960. The highest BCUT2D eigenvalue weighted by Gasteiger charge is 2.31. The molecule has 0 aliphatic heterocycles. The highest BCUT2D eigenvalue weighted by atomic mass is 19.2. The molecule has 1 nitrogen and oxygen atoms in total. The number of hydrogen-bond acceptors (Lipinski definition) is 1. The van der Waals surface area contributed by atoms with Crippen LogP contribution in [0.15, 0.2) is 12.1 Å². The van der Waals surface area contributed by atoms with Crippen LogP contribution in [0.2, 0.25) is 0 Å². The van der Waals surface area contributed by atoms with E-state index in [9.17, 15) is 8.78 Å². The largest absolute Gasteiger partial charge is 0.310 e. The molecule has 2 rings (SSSR count). The third kappa shape index (κ3) is 3.20. The minimum absolute atomic E-state index is 0.0602. The Kier molecular flexibility index (Phi) is 5.14. The Morgan fingerprint density at radius 3 is 2.60 bits per heavy atom. The molecule has 0 bridgehead atoms. The molecule has 0 radical (unpaired) electrons. The number of benzene rings is 1. The smallest absolute Gasteiger partial charge is 0.163 e.